The molecule has 1 saturated heterocycles. The number of rotatable bonds is 7. The molecule has 0 unspecified atom stereocenters. The molecule has 2 aromatic rings. The van der Waals surface area contributed by atoms with Crippen molar-refractivity contribution in [3.63, 3.8) is 0 Å². The molecule has 0 amide bonds. The molecule has 0 aliphatic carbocycles. The van der Waals surface area contributed by atoms with E-state index in [1.807, 2.05) is 31.1 Å². The predicted molar refractivity (Wildman–Crippen MR) is 116 cm³/mol. The average molecular weight is 434 g/mol. The third-order valence-electron chi connectivity index (χ3n) is 5.12. The highest BCUT2D eigenvalue weighted by Gasteiger charge is 2.28. The number of nitro benzene ring substituents is 1. The van der Waals surface area contributed by atoms with Crippen molar-refractivity contribution in [1.29, 1.82) is 0 Å². The fourth-order valence-electron chi connectivity index (χ4n) is 3.42. The topological polar surface area (TPSA) is 109 Å². The molecular formula is C20H27N5O4S. The second-order valence-corrected chi connectivity index (χ2v) is 9.46. The van der Waals surface area contributed by atoms with Crippen molar-refractivity contribution in [3.8, 4) is 0 Å². The van der Waals surface area contributed by atoms with Crippen molar-refractivity contribution in [3.05, 3.63) is 52.2 Å². The molecule has 0 bridgehead atoms. The van der Waals surface area contributed by atoms with E-state index in [4.69, 9.17) is 0 Å². The van der Waals surface area contributed by atoms with Crippen molar-refractivity contribution in [2.24, 2.45) is 0 Å². The lowest BCUT2D eigenvalue weighted by Crippen LogP contribution is -2.32. The van der Waals surface area contributed by atoms with E-state index in [0.717, 1.165) is 43.1 Å². The first-order valence-corrected chi connectivity index (χ1v) is 11.4. The van der Waals surface area contributed by atoms with Crippen molar-refractivity contribution < 1.29 is 13.3 Å². The van der Waals surface area contributed by atoms with Gasteiger partial charge in [0.25, 0.3) is 5.69 Å². The van der Waals surface area contributed by atoms with Crippen molar-refractivity contribution in [2.45, 2.75) is 37.1 Å². The van der Waals surface area contributed by atoms with Gasteiger partial charge in [0.15, 0.2) is 0 Å². The Balaban J connectivity index is 1.83. The molecule has 0 atom stereocenters. The molecule has 1 N–H and O–H groups in total. The number of nitro groups is 1. The molecule has 2 heterocycles. The number of sulfonamides is 1. The third kappa shape index (κ3) is 5.06. The molecule has 0 radical (unpaired) electrons. The van der Waals surface area contributed by atoms with Gasteiger partial charge in [-0.25, -0.2) is 13.4 Å². The van der Waals surface area contributed by atoms with Gasteiger partial charge in [0.05, 0.1) is 9.82 Å². The first-order chi connectivity index (χ1) is 14.3. The van der Waals surface area contributed by atoms with Crippen LogP contribution in [-0.2, 0) is 16.6 Å². The van der Waals surface area contributed by atoms with E-state index in [2.05, 4.69) is 10.3 Å². The van der Waals surface area contributed by atoms with Gasteiger partial charge in [-0.15, -0.1) is 0 Å². The second kappa shape index (κ2) is 9.40. The van der Waals surface area contributed by atoms with E-state index in [1.54, 1.807) is 6.20 Å². The highest BCUT2D eigenvalue weighted by atomic mass is 32.2. The minimum absolute atomic E-state index is 0.0412. The van der Waals surface area contributed by atoms with Gasteiger partial charge in [0.2, 0.25) is 10.0 Å². The van der Waals surface area contributed by atoms with Gasteiger partial charge in [-0.3, -0.25) is 10.1 Å². The zero-order valence-corrected chi connectivity index (χ0v) is 18.1. The van der Waals surface area contributed by atoms with Crippen molar-refractivity contribution in [1.82, 2.24) is 9.29 Å². The Morgan fingerprint density at radius 3 is 2.47 bits per heavy atom. The van der Waals surface area contributed by atoms with E-state index < -0.39 is 14.9 Å². The van der Waals surface area contributed by atoms with Crippen LogP contribution in [0.2, 0.25) is 0 Å². The summed E-state index contributed by atoms with van der Waals surface area (Å²) >= 11 is 0. The van der Waals surface area contributed by atoms with Gasteiger partial charge < -0.3 is 10.2 Å². The normalized spacial score (nSPS) is 15.4. The van der Waals surface area contributed by atoms with Crippen molar-refractivity contribution >= 4 is 27.2 Å². The van der Waals surface area contributed by atoms with Crippen LogP contribution in [0.25, 0.3) is 0 Å². The number of aromatic nitrogens is 1. The van der Waals surface area contributed by atoms with E-state index in [9.17, 15) is 18.5 Å². The summed E-state index contributed by atoms with van der Waals surface area (Å²) in [6, 6.07) is 7.77. The molecule has 0 spiro atoms. The molecule has 9 nitrogen and oxygen atoms in total. The number of pyridine rings is 1. The molecule has 1 aromatic heterocycles. The van der Waals surface area contributed by atoms with Gasteiger partial charge in [0.1, 0.15) is 11.5 Å². The summed E-state index contributed by atoms with van der Waals surface area (Å²) in [6.07, 6.45) is 5.29. The highest BCUT2D eigenvalue weighted by molar-refractivity contribution is 7.89. The molecular weight excluding hydrogens is 406 g/mol. The lowest BCUT2D eigenvalue weighted by molar-refractivity contribution is -0.384. The molecule has 162 valence electrons. The van der Waals surface area contributed by atoms with Crippen LogP contribution in [0.3, 0.4) is 0 Å². The van der Waals surface area contributed by atoms with Crippen LogP contribution < -0.4 is 10.2 Å². The number of benzene rings is 1. The van der Waals surface area contributed by atoms with Gasteiger partial charge in [0, 0.05) is 46.0 Å². The van der Waals surface area contributed by atoms with Gasteiger partial charge in [-0.2, -0.15) is 4.31 Å². The Kier molecular flexibility index (Phi) is 6.88. The standard InChI is InChI=1S/C20H27N5O4S/c1-23(2)20-13-16(9-10-21-20)15-22-18-8-7-17(14-19(18)25(26)27)30(28,29)24-11-5-3-4-6-12-24/h7-10,13-14,22H,3-6,11-12,15H2,1-2H3. The summed E-state index contributed by atoms with van der Waals surface area (Å²) in [7, 11) is 0.0125. The monoisotopic (exact) mass is 433 g/mol. The van der Waals surface area contributed by atoms with Crippen LogP contribution in [0.1, 0.15) is 31.2 Å². The van der Waals surface area contributed by atoms with Crippen LogP contribution >= 0.6 is 0 Å². The molecule has 30 heavy (non-hydrogen) atoms. The van der Waals surface area contributed by atoms with E-state index in [0.29, 0.717) is 19.6 Å². The lowest BCUT2D eigenvalue weighted by atomic mass is 10.2. The third-order valence-corrected chi connectivity index (χ3v) is 7.01. The molecule has 10 heteroatoms. The molecule has 1 aliphatic heterocycles. The molecule has 1 aliphatic rings. The van der Waals surface area contributed by atoms with Gasteiger partial charge in [-0.1, -0.05) is 12.8 Å². The molecule has 3 rings (SSSR count). The molecule has 1 fully saturated rings. The van der Waals surface area contributed by atoms with E-state index >= 15 is 0 Å². The Bertz CT molecular complexity index is 1000. The Labute approximate surface area is 176 Å². The zero-order chi connectivity index (χ0) is 21.7. The number of nitrogens with zero attached hydrogens (tertiary/aromatic N) is 4. The Morgan fingerprint density at radius 2 is 1.83 bits per heavy atom. The maximum atomic E-state index is 13.0. The number of hydrogen-bond donors (Lipinski definition) is 1. The van der Waals surface area contributed by atoms with E-state index in [1.165, 1.54) is 16.4 Å². The summed E-state index contributed by atoms with van der Waals surface area (Å²) in [5, 5.41) is 14.7. The SMILES string of the molecule is CN(C)c1cc(CNc2ccc(S(=O)(=O)N3CCCCCC3)cc2[N+](=O)[O-])ccn1. The van der Waals surface area contributed by atoms with Crippen molar-refractivity contribution in [2.75, 3.05) is 37.4 Å². The second-order valence-electron chi connectivity index (χ2n) is 7.52. The van der Waals surface area contributed by atoms with Crippen LogP contribution in [0.15, 0.2) is 41.4 Å². The summed E-state index contributed by atoms with van der Waals surface area (Å²) in [4.78, 5) is 17.1. The first kappa shape index (κ1) is 22.0. The van der Waals surface area contributed by atoms with Gasteiger partial charge >= 0.3 is 0 Å². The number of hydrogen-bond acceptors (Lipinski definition) is 7. The smallest absolute Gasteiger partial charge is 0.293 e. The summed E-state index contributed by atoms with van der Waals surface area (Å²) in [5.41, 5.74) is 0.926. The van der Waals surface area contributed by atoms with Crippen LogP contribution in [0.4, 0.5) is 17.2 Å². The maximum Gasteiger partial charge on any atom is 0.293 e. The van der Waals surface area contributed by atoms with Gasteiger partial charge in [-0.05, 0) is 42.7 Å². The zero-order valence-electron chi connectivity index (χ0n) is 17.2. The summed E-state index contributed by atoms with van der Waals surface area (Å²) < 4.78 is 27.4. The quantitative estimate of drug-likeness (QED) is 0.527. The number of nitrogens with one attached hydrogen (secondary N) is 1. The predicted octanol–water partition coefficient (Wildman–Crippen LogP) is 3.23. The van der Waals surface area contributed by atoms with Crippen LogP contribution in [0, 0.1) is 10.1 Å². The highest BCUT2D eigenvalue weighted by Crippen LogP contribution is 2.30. The minimum atomic E-state index is -3.75. The average Bonchev–Trinajstić information content (AvgIpc) is 3.02. The Morgan fingerprint density at radius 1 is 1.13 bits per heavy atom. The lowest BCUT2D eigenvalue weighted by Gasteiger charge is -2.20. The fraction of sp³-hybridized carbons (Fsp3) is 0.450. The van der Waals surface area contributed by atoms with E-state index in [-0.39, 0.29) is 16.3 Å². The number of anilines is 2. The summed E-state index contributed by atoms with van der Waals surface area (Å²) in [5.74, 6) is 0.780. The molecule has 0 saturated carbocycles. The van der Waals surface area contributed by atoms with Crippen LogP contribution in [0.5, 0.6) is 0 Å². The largest absolute Gasteiger partial charge is 0.375 e. The minimum Gasteiger partial charge on any atom is -0.375 e. The fourth-order valence-corrected chi connectivity index (χ4v) is 4.95. The van der Waals surface area contributed by atoms with Crippen LogP contribution in [-0.4, -0.2) is 49.8 Å². The Hall–Kier alpha value is -2.72. The summed E-state index contributed by atoms with van der Waals surface area (Å²) in [6.45, 7) is 1.25. The first-order valence-electron chi connectivity index (χ1n) is 9.94. The molecule has 1 aromatic carbocycles. The maximum absolute atomic E-state index is 13.0.